The molecule has 0 heterocycles. The van der Waals surface area contributed by atoms with Crippen molar-refractivity contribution >= 4 is 11.2 Å². The fraction of sp³-hybridized carbons (Fsp3) is 0.200. The van der Waals surface area contributed by atoms with Crippen molar-refractivity contribution in [1.82, 2.24) is 0 Å². The van der Waals surface area contributed by atoms with E-state index in [1.807, 2.05) is 0 Å². The molecular formula is C15H16O5S. The van der Waals surface area contributed by atoms with Crippen molar-refractivity contribution in [3.63, 3.8) is 0 Å². The van der Waals surface area contributed by atoms with E-state index in [0.29, 0.717) is 21.3 Å². The van der Waals surface area contributed by atoms with Gasteiger partial charge in [-0.3, -0.25) is 0 Å². The zero-order valence-corrected chi connectivity index (χ0v) is 12.1. The Morgan fingerprint density at radius 3 is 1.71 bits per heavy atom. The number of hydrogen-bond acceptors (Lipinski definition) is 5. The average Bonchev–Trinajstić information content (AvgIpc) is 2.54. The molecular weight excluding hydrogens is 292 g/mol. The molecule has 1 unspecified atom stereocenters. The monoisotopic (exact) mass is 308 g/mol. The standard InChI is InChI=1S/C15H16O5S/c16-9-10-19-12-1-5-14(6-2-12)21(18)15-7-3-13(4-8-15)20-11-17/h1-8,16-17H,9-11H2. The second-order valence-corrected chi connectivity index (χ2v) is 5.54. The lowest BCUT2D eigenvalue weighted by atomic mass is 10.3. The van der Waals surface area contributed by atoms with Crippen LogP contribution in [0.15, 0.2) is 58.3 Å². The van der Waals surface area contributed by atoms with Crippen molar-refractivity contribution in [1.29, 1.82) is 0 Å². The number of ether oxygens (including phenoxy) is 2. The maximum absolute atomic E-state index is 12.4. The van der Waals surface area contributed by atoms with Gasteiger partial charge in [0.15, 0.2) is 16.6 Å². The molecule has 2 aromatic carbocycles. The summed E-state index contributed by atoms with van der Waals surface area (Å²) in [5.74, 6) is 1.14. The molecule has 0 amide bonds. The highest BCUT2D eigenvalue weighted by atomic mass is 32.2. The Kier molecular flexibility index (Phi) is 5.89. The van der Waals surface area contributed by atoms with E-state index in [0.717, 1.165) is 0 Å². The molecule has 0 radical (unpaired) electrons. The SMILES string of the molecule is [O-][S+](c1ccc(OCO)cc1)c1ccc(OCCO)cc1. The van der Waals surface area contributed by atoms with E-state index < -0.39 is 18.0 Å². The van der Waals surface area contributed by atoms with Crippen molar-refractivity contribution in [2.75, 3.05) is 20.0 Å². The van der Waals surface area contributed by atoms with Gasteiger partial charge in [-0.05, 0) is 48.5 Å². The van der Waals surface area contributed by atoms with Crippen molar-refractivity contribution < 1.29 is 24.2 Å². The van der Waals surface area contributed by atoms with E-state index in [4.69, 9.17) is 19.7 Å². The molecule has 6 heteroatoms. The van der Waals surface area contributed by atoms with Crippen LogP contribution in [0.25, 0.3) is 0 Å². The summed E-state index contributed by atoms with van der Waals surface area (Å²) < 4.78 is 22.5. The predicted molar refractivity (Wildman–Crippen MR) is 77.9 cm³/mol. The third-order valence-electron chi connectivity index (χ3n) is 2.67. The Labute approximate surface area is 125 Å². The Morgan fingerprint density at radius 1 is 0.810 bits per heavy atom. The molecule has 21 heavy (non-hydrogen) atoms. The number of rotatable bonds is 7. The van der Waals surface area contributed by atoms with Crippen molar-refractivity contribution in [2.45, 2.75) is 9.79 Å². The zero-order valence-electron chi connectivity index (χ0n) is 11.3. The molecule has 0 aliphatic heterocycles. The van der Waals surface area contributed by atoms with Gasteiger partial charge in [-0.2, -0.15) is 0 Å². The van der Waals surface area contributed by atoms with Crippen LogP contribution in [0.3, 0.4) is 0 Å². The topological polar surface area (TPSA) is 82.0 Å². The first-order valence-electron chi connectivity index (χ1n) is 6.34. The van der Waals surface area contributed by atoms with Gasteiger partial charge in [0.2, 0.25) is 0 Å². The molecule has 2 rings (SSSR count). The Balaban J connectivity index is 2.06. The third-order valence-corrected chi connectivity index (χ3v) is 4.07. The van der Waals surface area contributed by atoms with Crippen LogP contribution in [0.4, 0.5) is 0 Å². The van der Waals surface area contributed by atoms with E-state index in [9.17, 15) is 4.55 Å². The molecule has 0 saturated heterocycles. The number of benzene rings is 2. The van der Waals surface area contributed by atoms with Gasteiger partial charge in [0.05, 0.1) is 6.61 Å². The van der Waals surface area contributed by atoms with Crippen LogP contribution in [0.1, 0.15) is 0 Å². The molecule has 5 nitrogen and oxygen atoms in total. The van der Waals surface area contributed by atoms with E-state index in [1.165, 1.54) is 0 Å². The third kappa shape index (κ3) is 4.37. The maximum atomic E-state index is 12.4. The van der Waals surface area contributed by atoms with Gasteiger partial charge in [0.25, 0.3) is 0 Å². The minimum atomic E-state index is -1.30. The summed E-state index contributed by atoms with van der Waals surface area (Å²) in [5, 5.41) is 17.3. The van der Waals surface area contributed by atoms with E-state index in [-0.39, 0.29) is 13.2 Å². The molecule has 1 atom stereocenters. The van der Waals surface area contributed by atoms with E-state index >= 15 is 0 Å². The van der Waals surface area contributed by atoms with Crippen LogP contribution in [0, 0.1) is 0 Å². The first-order chi connectivity index (χ1) is 10.2. The van der Waals surface area contributed by atoms with Gasteiger partial charge in [0, 0.05) is 11.2 Å². The first-order valence-corrected chi connectivity index (χ1v) is 7.49. The molecule has 2 N–H and O–H groups in total. The largest absolute Gasteiger partial charge is 0.606 e. The lowest BCUT2D eigenvalue weighted by molar-refractivity contribution is 0.0985. The second-order valence-electron chi connectivity index (χ2n) is 4.06. The van der Waals surface area contributed by atoms with Crippen LogP contribution in [0.2, 0.25) is 0 Å². The first kappa shape index (κ1) is 15.7. The van der Waals surface area contributed by atoms with Crippen LogP contribution >= 0.6 is 0 Å². The second kappa shape index (κ2) is 7.90. The number of aliphatic hydroxyl groups is 2. The smallest absolute Gasteiger partial charge is 0.186 e. The fourth-order valence-corrected chi connectivity index (χ4v) is 2.73. The summed E-state index contributed by atoms with van der Waals surface area (Å²) in [4.78, 5) is 1.30. The van der Waals surface area contributed by atoms with Crippen molar-refractivity contribution in [3.05, 3.63) is 48.5 Å². The summed E-state index contributed by atoms with van der Waals surface area (Å²) in [6, 6.07) is 13.6. The maximum Gasteiger partial charge on any atom is 0.186 e. The highest BCUT2D eigenvalue weighted by Gasteiger charge is 2.14. The van der Waals surface area contributed by atoms with E-state index in [2.05, 4.69) is 0 Å². The van der Waals surface area contributed by atoms with Gasteiger partial charge in [-0.25, -0.2) is 0 Å². The van der Waals surface area contributed by atoms with Crippen LogP contribution in [-0.2, 0) is 11.2 Å². The van der Waals surface area contributed by atoms with Crippen LogP contribution < -0.4 is 9.47 Å². The normalized spacial score (nSPS) is 12.0. The zero-order chi connectivity index (χ0) is 15.1. The minimum absolute atomic E-state index is 0.0457. The number of aliphatic hydroxyl groups excluding tert-OH is 2. The van der Waals surface area contributed by atoms with Crippen LogP contribution in [0.5, 0.6) is 11.5 Å². The summed E-state index contributed by atoms with van der Waals surface area (Å²) in [6.45, 7) is -0.206. The van der Waals surface area contributed by atoms with Crippen molar-refractivity contribution in [3.8, 4) is 11.5 Å². The lowest BCUT2D eigenvalue weighted by Gasteiger charge is -2.11. The molecule has 0 aliphatic carbocycles. The molecule has 112 valence electrons. The Hall–Kier alpha value is -1.73. The Morgan fingerprint density at radius 2 is 1.29 bits per heavy atom. The minimum Gasteiger partial charge on any atom is -0.606 e. The quantitative estimate of drug-likeness (QED) is 0.599. The average molecular weight is 308 g/mol. The van der Waals surface area contributed by atoms with Gasteiger partial charge in [-0.15, -0.1) is 0 Å². The highest BCUT2D eigenvalue weighted by molar-refractivity contribution is 7.91. The molecule has 0 spiro atoms. The van der Waals surface area contributed by atoms with Crippen LogP contribution in [-0.4, -0.2) is 34.8 Å². The summed E-state index contributed by atoms with van der Waals surface area (Å²) >= 11 is -1.30. The van der Waals surface area contributed by atoms with Gasteiger partial charge >= 0.3 is 0 Å². The molecule has 0 bridgehead atoms. The molecule has 2 aromatic rings. The lowest BCUT2D eigenvalue weighted by Crippen LogP contribution is -2.04. The number of hydrogen-bond donors (Lipinski definition) is 2. The molecule has 0 saturated carbocycles. The molecule has 0 aromatic heterocycles. The fourth-order valence-electron chi connectivity index (χ4n) is 1.69. The van der Waals surface area contributed by atoms with E-state index in [1.54, 1.807) is 48.5 Å². The highest BCUT2D eigenvalue weighted by Crippen LogP contribution is 2.24. The van der Waals surface area contributed by atoms with Gasteiger partial charge in [-0.1, -0.05) is 0 Å². The van der Waals surface area contributed by atoms with Gasteiger partial charge < -0.3 is 24.2 Å². The van der Waals surface area contributed by atoms with Gasteiger partial charge in [0.1, 0.15) is 18.1 Å². The molecule has 0 aliphatic rings. The summed E-state index contributed by atoms with van der Waals surface area (Å²) in [6.07, 6.45) is 0. The van der Waals surface area contributed by atoms with Crippen molar-refractivity contribution in [2.24, 2.45) is 0 Å². The molecule has 0 fully saturated rings. The predicted octanol–water partition coefficient (Wildman–Crippen LogP) is 1.55. The Bertz CT molecular complexity index is 541. The summed E-state index contributed by atoms with van der Waals surface area (Å²) in [7, 11) is 0. The summed E-state index contributed by atoms with van der Waals surface area (Å²) in [5.41, 5.74) is 0.